The molecule has 0 saturated carbocycles. The molecule has 0 spiro atoms. The Morgan fingerprint density at radius 1 is 1.38 bits per heavy atom. The molecular weight excluding hydrogens is 203 g/mol. The van der Waals surface area contributed by atoms with Gasteiger partial charge in [0.25, 0.3) is 0 Å². The van der Waals surface area contributed by atoms with E-state index in [-0.39, 0.29) is 0 Å². The van der Waals surface area contributed by atoms with Crippen LogP contribution in [-0.4, -0.2) is 5.88 Å². The van der Waals surface area contributed by atoms with Crippen LogP contribution in [0.5, 0.6) is 0 Å². The van der Waals surface area contributed by atoms with Gasteiger partial charge in [-0.1, -0.05) is 29.8 Å². The molecule has 0 aliphatic rings. The van der Waals surface area contributed by atoms with Crippen LogP contribution in [0.3, 0.4) is 0 Å². The zero-order valence-electron chi connectivity index (χ0n) is 7.56. The highest BCUT2D eigenvalue weighted by atomic mass is 35.5. The maximum absolute atomic E-state index is 5.87. The van der Waals surface area contributed by atoms with Crippen LogP contribution in [0.4, 0.5) is 0 Å². The van der Waals surface area contributed by atoms with Gasteiger partial charge in [0.15, 0.2) is 0 Å². The Bertz CT molecular complexity index is 303. The van der Waals surface area contributed by atoms with Gasteiger partial charge in [-0.2, -0.15) is 0 Å². The van der Waals surface area contributed by atoms with Gasteiger partial charge in [0, 0.05) is 10.9 Å². The average molecular weight is 215 g/mol. The van der Waals surface area contributed by atoms with Crippen molar-refractivity contribution in [2.24, 2.45) is 0 Å². The number of benzene rings is 1. The van der Waals surface area contributed by atoms with E-state index in [2.05, 4.69) is 19.1 Å². The van der Waals surface area contributed by atoms with Crippen molar-refractivity contribution in [2.45, 2.75) is 13.3 Å². The summed E-state index contributed by atoms with van der Waals surface area (Å²) in [5, 5.41) is 0.774. The largest absolute Gasteiger partial charge is 0.126 e. The van der Waals surface area contributed by atoms with E-state index >= 15 is 0 Å². The Morgan fingerprint density at radius 3 is 2.85 bits per heavy atom. The van der Waals surface area contributed by atoms with E-state index in [9.17, 15) is 0 Å². The van der Waals surface area contributed by atoms with E-state index in [1.165, 1.54) is 5.56 Å². The minimum atomic E-state index is 0.663. The van der Waals surface area contributed by atoms with Crippen LogP contribution in [0.1, 0.15) is 17.5 Å². The maximum Gasteiger partial charge on any atom is 0.0412 e. The third-order valence-corrected chi connectivity index (χ3v) is 2.27. The molecule has 0 saturated heterocycles. The second-order valence-electron chi connectivity index (χ2n) is 2.88. The number of allylic oxidation sites excluding steroid dienone is 1. The summed E-state index contributed by atoms with van der Waals surface area (Å²) in [6.45, 7) is 2.07. The Balaban J connectivity index is 2.81. The summed E-state index contributed by atoms with van der Waals surface area (Å²) < 4.78 is 0. The van der Waals surface area contributed by atoms with Gasteiger partial charge in [-0.25, -0.2) is 0 Å². The number of halogens is 2. The van der Waals surface area contributed by atoms with Crippen LogP contribution in [-0.2, 0) is 0 Å². The van der Waals surface area contributed by atoms with Crippen LogP contribution in [0.15, 0.2) is 24.3 Å². The minimum Gasteiger partial charge on any atom is -0.126 e. The molecule has 0 nitrogen and oxygen atoms in total. The number of aryl methyl sites for hydroxylation is 1. The van der Waals surface area contributed by atoms with Crippen molar-refractivity contribution in [3.63, 3.8) is 0 Å². The first-order valence-electron chi connectivity index (χ1n) is 4.22. The summed E-state index contributed by atoms with van der Waals surface area (Å²) in [4.78, 5) is 0. The molecule has 0 aliphatic heterocycles. The lowest BCUT2D eigenvalue weighted by Gasteiger charge is -1.99. The highest BCUT2D eigenvalue weighted by Crippen LogP contribution is 2.16. The van der Waals surface area contributed by atoms with Gasteiger partial charge in [0.2, 0.25) is 0 Å². The second-order valence-corrected chi connectivity index (χ2v) is 3.70. The Kier molecular flexibility index (Phi) is 4.34. The molecule has 1 aromatic carbocycles. The summed E-state index contributed by atoms with van der Waals surface area (Å²) in [5.41, 5.74) is 2.40. The molecule has 0 atom stereocenters. The third-order valence-electron chi connectivity index (χ3n) is 1.81. The lowest BCUT2D eigenvalue weighted by molar-refractivity contribution is 1.24. The maximum atomic E-state index is 5.87. The lowest BCUT2D eigenvalue weighted by atomic mass is 10.1. The van der Waals surface area contributed by atoms with Crippen LogP contribution >= 0.6 is 23.2 Å². The zero-order valence-corrected chi connectivity index (χ0v) is 9.07. The summed E-state index contributed by atoms with van der Waals surface area (Å²) >= 11 is 11.4. The molecule has 0 radical (unpaired) electrons. The number of hydrogen-bond donors (Lipinski definition) is 0. The summed E-state index contributed by atoms with van der Waals surface area (Å²) in [6.07, 6.45) is 5.02. The quantitative estimate of drug-likeness (QED) is 0.659. The highest BCUT2D eigenvalue weighted by Gasteiger charge is 1.94. The van der Waals surface area contributed by atoms with Crippen molar-refractivity contribution < 1.29 is 0 Å². The predicted octanol–water partition coefficient (Wildman–Crippen LogP) is 4.29. The van der Waals surface area contributed by atoms with Gasteiger partial charge in [-0.15, -0.1) is 11.6 Å². The number of hydrogen-bond acceptors (Lipinski definition) is 0. The summed E-state index contributed by atoms with van der Waals surface area (Å²) in [5.74, 6) is 0.663. The molecule has 0 aliphatic carbocycles. The Morgan fingerprint density at radius 2 is 2.15 bits per heavy atom. The molecule has 2 heteroatoms. The third kappa shape index (κ3) is 3.41. The molecule has 13 heavy (non-hydrogen) atoms. The van der Waals surface area contributed by atoms with Gasteiger partial charge in [0.05, 0.1) is 0 Å². The fourth-order valence-corrected chi connectivity index (χ4v) is 1.37. The molecule has 1 rings (SSSR count). The highest BCUT2D eigenvalue weighted by molar-refractivity contribution is 6.30. The van der Waals surface area contributed by atoms with Crippen molar-refractivity contribution in [1.82, 2.24) is 0 Å². The van der Waals surface area contributed by atoms with Crippen LogP contribution in [0, 0.1) is 6.92 Å². The Hall–Kier alpha value is -0.460. The van der Waals surface area contributed by atoms with E-state index in [1.54, 1.807) is 0 Å². The van der Waals surface area contributed by atoms with Gasteiger partial charge in [-0.05, 0) is 36.6 Å². The van der Waals surface area contributed by atoms with Crippen molar-refractivity contribution in [3.05, 3.63) is 40.4 Å². The molecule has 0 N–H and O–H groups in total. The molecular formula is C11H12Cl2. The SMILES string of the molecule is Cc1ccc(Cl)cc1C=CCCCl. The molecule has 0 unspecified atom stereocenters. The molecule has 0 amide bonds. The first-order valence-corrected chi connectivity index (χ1v) is 5.14. The summed E-state index contributed by atoms with van der Waals surface area (Å²) in [7, 11) is 0. The normalized spacial score (nSPS) is 11.0. The van der Waals surface area contributed by atoms with E-state index in [4.69, 9.17) is 23.2 Å². The molecule has 0 heterocycles. The van der Waals surface area contributed by atoms with Gasteiger partial charge in [0.1, 0.15) is 0 Å². The molecule has 0 bridgehead atoms. The van der Waals surface area contributed by atoms with Crippen molar-refractivity contribution >= 4 is 29.3 Å². The molecule has 0 aromatic heterocycles. The van der Waals surface area contributed by atoms with Crippen LogP contribution in [0.25, 0.3) is 6.08 Å². The smallest absolute Gasteiger partial charge is 0.0412 e. The van der Waals surface area contributed by atoms with Crippen molar-refractivity contribution in [1.29, 1.82) is 0 Å². The Labute approximate surface area is 89.2 Å². The fourth-order valence-electron chi connectivity index (χ4n) is 1.06. The minimum absolute atomic E-state index is 0.663. The van der Waals surface area contributed by atoms with Gasteiger partial charge in [-0.3, -0.25) is 0 Å². The number of alkyl halides is 1. The second kappa shape index (κ2) is 5.31. The first kappa shape index (κ1) is 10.6. The van der Waals surface area contributed by atoms with Crippen molar-refractivity contribution in [3.8, 4) is 0 Å². The lowest BCUT2D eigenvalue weighted by Crippen LogP contribution is -1.79. The van der Waals surface area contributed by atoms with E-state index in [0.717, 1.165) is 17.0 Å². The number of rotatable bonds is 3. The van der Waals surface area contributed by atoms with E-state index in [0.29, 0.717) is 5.88 Å². The van der Waals surface area contributed by atoms with E-state index in [1.807, 2.05) is 18.2 Å². The van der Waals surface area contributed by atoms with Crippen LogP contribution in [0.2, 0.25) is 5.02 Å². The van der Waals surface area contributed by atoms with Crippen LogP contribution < -0.4 is 0 Å². The zero-order chi connectivity index (χ0) is 9.68. The first-order chi connectivity index (χ1) is 6.24. The van der Waals surface area contributed by atoms with Crippen molar-refractivity contribution in [2.75, 3.05) is 5.88 Å². The topological polar surface area (TPSA) is 0 Å². The monoisotopic (exact) mass is 214 g/mol. The predicted molar refractivity (Wildman–Crippen MR) is 60.6 cm³/mol. The molecule has 1 aromatic rings. The molecule has 70 valence electrons. The van der Waals surface area contributed by atoms with Gasteiger partial charge >= 0.3 is 0 Å². The fraction of sp³-hybridized carbons (Fsp3) is 0.273. The van der Waals surface area contributed by atoms with Gasteiger partial charge < -0.3 is 0 Å². The van der Waals surface area contributed by atoms with E-state index < -0.39 is 0 Å². The summed E-state index contributed by atoms with van der Waals surface area (Å²) in [6, 6.07) is 5.88. The molecule has 0 fully saturated rings. The standard InChI is InChI=1S/C11H12Cl2/c1-9-5-6-11(13)8-10(9)4-2-3-7-12/h2,4-6,8H,3,7H2,1H3. The average Bonchev–Trinajstić information content (AvgIpc) is 2.11.